The molecule has 14 heteroatoms. The van der Waals surface area contributed by atoms with Crippen LogP contribution in [0.3, 0.4) is 0 Å². The maximum Gasteiger partial charge on any atom is 0.259 e. The zero-order chi connectivity index (χ0) is 31.3. The summed E-state index contributed by atoms with van der Waals surface area (Å²) in [7, 11) is -2.19. The first-order valence-corrected chi connectivity index (χ1v) is 16.2. The van der Waals surface area contributed by atoms with E-state index in [1.54, 1.807) is 37.4 Å². The summed E-state index contributed by atoms with van der Waals surface area (Å²) in [5.41, 5.74) is 3.01. The van der Waals surface area contributed by atoms with Crippen LogP contribution in [0.4, 0.5) is 5.69 Å². The van der Waals surface area contributed by atoms with E-state index in [1.807, 2.05) is 30.3 Å². The van der Waals surface area contributed by atoms with Gasteiger partial charge in [0.2, 0.25) is 21.8 Å². The summed E-state index contributed by atoms with van der Waals surface area (Å²) in [6.07, 6.45) is 0.354. The molecule has 2 aliphatic rings. The van der Waals surface area contributed by atoms with E-state index >= 15 is 0 Å². The van der Waals surface area contributed by atoms with Crippen LogP contribution in [0.5, 0.6) is 5.75 Å². The Balaban J connectivity index is 1.18. The molecule has 12 nitrogen and oxygen atoms in total. The summed E-state index contributed by atoms with van der Waals surface area (Å²) in [5.74, 6) is 0.143. The van der Waals surface area contributed by atoms with Crippen LogP contribution in [0.25, 0.3) is 0 Å². The van der Waals surface area contributed by atoms with Gasteiger partial charge in [-0.05, 0) is 53.9 Å². The second kappa shape index (κ2) is 13.4. The number of fused-ring (bicyclic) bond motifs is 3. The first-order valence-electron chi connectivity index (χ1n) is 13.6. The highest BCUT2D eigenvalue weighted by atomic mass is 32.2. The van der Waals surface area contributed by atoms with E-state index in [2.05, 4.69) is 20.6 Å². The van der Waals surface area contributed by atoms with E-state index in [9.17, 15) is 22.8 Å². The molecule has 228 valence electrons. The summed E-state index contributed by atoms with van der Waals surface area (Å²) in [6.45, 7) is 0.623. The van der Waals surface area contributed by atoms with Crippen LogP contribution in [0.1, 0.15) is 23.1 Å². The fourth-order valence-corrected chi connectivity index (χ4v) is 5.94. The number of nitrogens with zero attached hydrogens (tertiary/aromatic N) is 3. The highest BCUT2D eigenvalue weighted by Gasteiger charge is 2.42. The lowest BCUT2D eigenvalue weighted by molar-refractivity contribution is -0.128. The third-order valence-electron chi connectivity index (χ3n) is 6.90. The SMILES string of the molecule is COc1ccc(CNC(=O)C[C@@H]2N=C3c4ccccc4N=C(SCC(=O)NCCc4ccc(S(N)(=O)=O)cc4)N3C2=O)cc1. The Morgan fingerprint density at radius 3 is 2.39 bits per heavy atom. The molecule has 0 spiro atoms. The molecule has 3 aromatic carbocycles. The number of carbonyl (C=O) groups excluding carboxylic acids is 3. The minimum Gasteiger partial charge on any atom is -0.497 e. The Kier molecular flexibility index (Phi) is 9.42. The van der Waals surface area contributed by atoms with E-state index in [-0.39, 0.29) is 34.8 Å². The molecule has 44 heavy (non-hydrogen) atoms. The maximum atomic E-state index is 13.5. The Morgan fingerprint density at radius 2 is 1.68 bits per heavy atom. The lowest BCUT2D eigenvalue weighted by Gasteiger charge is -2.25. The fourth-order valence-electron chi connectivity index (χ4n) is 4.60. The van der Waals surface area contributed by atoms with Crippen LogP contribution in [-0.4, -0.2) is 67.5 Å². The summed E-state index contributed by atoms with van der Waals surface area (Å²) >= 11 is 1.10. The molecule has 4 N–H and O–H groups in total. The van der Waals surface area contributed by atoms with Crippen molar-refractivity contribution >= 4 is 56.2 Å². The molecule has 0 aliphatic carbocycles. The Morgan fingerprint density at radius 1 is 0.977 bits per heavy atom. The number of rotatable bonds is 11. The van der Waals surface area contributed by atoms with Gasteiger partial charge in [-0.15, -0.1) is 0 Å². The molecular formula is C30H30N6O6S2. The van der Waals surface area contributed by atoms with E-state index in [4.69, 9.17) is 9.88 Å². The highest BCUT2D eigenvalue weighted by molar-refractivity contribution is 8.14. The van der Waals surface area contributed by atoms with Crippen molar-refractivity contribution in [2.24, 2.45) is 15.1 Å². The number of amidine groups is 2. The number of thioether (sulfide) groups is 1. The average molecular weight is 635 g/mol. The zero-order valence-electron chi connectivity index (χ0n) is 23.7. The van der Waals surface area contributed by atoms with Crippen molar-refractivity contribution in [1.29, 1.82) is 0 Å². The normalized spacial score (nSPS) is 15.5. The first kappa shape index (κ1) is 30.9. The van der Waals surface area contributed by atoms with Gasteiger partial charge in [0.1, 0.15) is 17.6 Å². The van der Waals surface area contributed by atoms with Crippen LogP contribution < -0.4 is 20.5 Å². The van der Waals surface area contributed by atoms with Crippen molar-refractivity contribution in [3.8, 4) is 5.75 Å². The number of nitrogens with one attached hydrogen (secondary N) is 2. The average Bonchev–Trinajstić information content (AvgIpc) is 3.34. The predicted molar refractivity (Wildman–Crippen MR) is 167 cm³/mol. The summed E-state index contributed by atoms with van der Waals surface area (Å²) in [6, 6.07) is 19.8. The number of hydrogen-bond acceptors (Lipinski definition) is 9. The number of ether oxygens (including phenoxy) is 1. The van der Waals surface area contributed by atoms with Crippen molar-refractivity contribution in [1.82, 2.24) is 15.5 Å². The van der Waals surface area contributed by atoms with Gasteiger partial charge < -0.3 is 15.4 Å². The molecule has 3 amide bonds. The van der Waals surface area contributed by atoms with Crippen molar-refractivity contribution in [3.63, 3.8) is 0 Å². The molecule has 2 heterocycles. The second-order valence-corrected chi connectivity index (χ2v) is 12.5. The number of nitrogens with two attached hydrogens (primary N) is 1. The van der Waals surface area contributed by atoms with Crippen LogP contribution in [0.2, 0.25) is 0 Å². The van der Waals surface area contributed by atoms with Gasteiger partial charge in [0.05, 0.1) is 29.9 Å². The number of methoxy groups -OCH3 is 1. The number of aliphatic imine (C=N–C) groups is 2. The van der Waals surface area contributed by atoms with Crippen LogP contribution in [-0.2, 0) is 37.4 Å². The molecule has 5 rings (SSSR count). The monoisotopic (exact) mass is 634 g/mol. The molecule has 0 radical (unpaired) electrons. The Hall–Kier alpha value is -4.53. The highest BCUT2D eigenvalue weighted by Crippen LogP contribution is 2.34. The topological polar surface area (TPSA) is 173 Å². The maximum absolute atomic E-state index is 13.5. The van der Waals surface area contributed by atoms with Crippen molar-refractivity contribution in [3.05, 3.63) is 89.5 Å². The number of para-hydroxylation sites is 1. The second-order valence-electron chi connectivity index (χ2n) is 9.96. The van der Waals surface area contributed by atoms with Crippen LogP contribution in [0, 0.1) is 0 Å². The molecule has 0 unspecified atom stereocenters. The fraction of sp³-hybridized carbons (Fsp3) is 0.233. The standard InChI is InChI=1S/C30H30N6O6S2/c1-42-21-10-6-20(7-11-21)17-33-26(37)16-25-29(39)36-28(34-25)23-4-2-3-5-24(23)35-30(36)43-18-27(38)32-15-14-19-8-12-22(13-9-19)44(31,40)41/h2-13,25H,14-18H2,1H3,(H,32,38)(H,33,37)(H2,31,40,41)/t25-/m0/s1. The Labute approximate surface area is 258 Å². The van der Waals surface area contributed by atoms with E-state index in [0.29, 0.717) is 47.5 Å². The van der Waals surface area contributed by atoms with Crippen LogP contribution >= 0.6 is 11.8 Å². The van der Waals surface area contributed by atoms with Gasteiger partial charge in [-0.2, -0.15) is 0 Å². The number of carbonyl (C=O) groups is 3. The third kappa shape index (κ3) is 7.33. The summed E-state index contributed by atoms with van der Waals surface area (Å²) in [5, 5.41) is 11.1. The number of sulfonamides is 1. The molecule has 0 bridgehead atoms. The minimum absolute atomic E-state index is 0.00453. The van der Waals surface area contributed by atoms with Crippen molar-refractivity contribution in [2.75, 3.05) is 19.4 Å². The molecule has 0 aromatic heterocycles. The lowest BCUT2D eigenvalue weighted by Crippen LogP contribution is -2.42. The van der Waals surface area contributed by atoms with Gasteiger partial charge in [-0.3, -0.25) is 19.4 Å². The van der Waals surface area contributed by atoms with Gasteiger partial charge in [-0.25, -0.2) is 23.4 Å². The van der Waals surface area contributed by atoms with E-state index < -0.39 is 16.1 Å². The number of primary sulfonamides is 1. The summed E-state index contributed by atoms with van der Waals surface area (Å²) < 4.78 is 28.0. The summed E-state index contributed by atoms with van der Waals surface area (Å²) in [4.78, 5) is 49.5. The largest absolute Gasteiger partial charge is 0.497 e. The van der Waals surface area contributed by atoms with Crippen molar-refractivity contribution in [2.45, 2.75) is 30.3 Å². The smallest absolute Gasteiger partial charge is 0.259 e. The Bertz CT molecular complexity index is 1740. The molecule has 0 saturated heterocycles. The van der Waals surface area contributed by atoms with Crippen LogP contribution in [0.15, 0.2) is 87.7 Å². The van der Waals surface area contributed by atoms with E-state index in [1.165, 1.54) is 17.0 Å². The molecule has 1 atom stereocenters. The van der Waals surface area contributed by atoms with Gasteiger partial charge in [0, 0.05) is 18.7 Å². The minimum atomic E-state index is -3.77. The van der Waals surface area contributed by atoms with Gasteiger partial charge >= 0.3 is 0 Å². The van der Waals surface area contributed by atoms with E-state index in [0.717, 1.165) is 22.9 Å². The zero-order valence-corrected chi connectivity index (χ0v) is 25.4. The quantitative estimate of drug-likeness (QED) is 0.290. The molecule has 2 aliphatic heterocycles. The number of benzene rings is 3. The van der Waals surface area contributed by atoms with Gasteiger partial charge in [0.25, 0.3) is 5.91 Å². The number of amides is 3. The predicted octanol–water partition coefficient (Wildman–Crippen LogP) is 2.10. The number of hydrogen-bond donors (Lipinski definition) is 3. The van der Waals surface area contributed by atoms with Crippen molar-refractivity contribution < 1.29 is 27.5 Å². The van der Waals surface area contributed by atoms with Gasteiger partial charge in [-0.1, -0.05) is 48.2 Å². The lowest BCUT2D eigenvalue weighted by atomic mass is 10.1. The third-order valence-corrected chi connectivity index (χ3v) is 8.76. The molecule has 0 saturated carbocycles. The molecular weight excluding hydrogens is 604 g/mol. The first-order chi connectivity index (χ1) is 21.1. The molecule has 0 fully saturated rings. The molecule has 3 aromatic rings. The van der Waals surface area contributed by atoms with Gasteiger partial charge in [0.15, 0.2) is 5.17 Å².